The number of hydrogen-bond donors (Lipinski definition) is 1. The van der Waals surface area contributed by atoms with Gasteiger partial charge in [0.1, 0.15) is 17.1 Å². The van der Waals surface area contributed by atoms with Gasteiger partial charge in [0.15, 0.2) is 0 Å². The van der Waals surface area contributed by atoms with Crippen molar-refractivity contribution in [1.82, 2.24) is 9.80 Å². The van der Waals surface area contributed by atoms with E-state index in [0.29, 0.717) is 57.8 Å². The molecular formula is C21H32FN3O4. The van der Waals surface area contributed by atoms with Crippen LogP contribution in [0.2, 0.25) is 0 Å². The Balaban J connectivity index is 1.68. The first kappa shape index (κ1) is 21.8. The molecule has 0 bridgehead atoms. The minimum absolute atomic E-state index is 0.135. The molecule has 1 atom stereocenters. The number of urea groups is 1. The molecule has 2 amide bonds. The van der Waals surface area contributed by atoms with Gasteiger partial charge in [-0.3, -0.25) is 0 Å². The molecular weight excluding hydrogens is 377 g/mol. The lowest BCUT2D eigenvalue weighted by Gasteiger charge is -2.46. The van der Waals surface area contributed by atoms with Gasteiger partial charge in [0.05, 0.1) is 38.7 Å². The maximum Gasteiger partial charge on any atom is 0.322 e. The lowest BCUT2D eigenvalue weighted by molar-refractivity contribution is -0.0763. The summed E-state index contributed by atoms with van der Waals surface area (Å²) < 4.78 is 31.6. The number of anilines is 1. The summed E-state index contributed by atoms with van der Waals surface area (Å²) in [6.07, 6.45) is 0.899. The molecule has 162 valence electrons. The minimum Gasteiger partial charge on any atom is -0.493 e. The van der Waals surface area contributed by atoms with Crippen LogP contribution in [0.5, 0.6) is 5.75 Å². The van der Waals surface area contributed by atoms with Crippen LogP contribution in [0.15, 0.2) is 18.2 Å². The number of ether oxygens (including phenoxy) is 3. The molecule has 2 saturated heterocycles. The van der Waals surface area contributed by atoms with Crippen molar-refractivity contribution < 1.29 is 23.4 Å². The van der Waals surface area contributed by atoms with Crippen molar-refractivity contribution in [1.29, 1.82) is 0 Å². The van der Waals surface area contributed by atoms with Gasteiger partial charge in [-0.2, -0.15) is 0 Å². The normalized spacial score (nSPS) is 23.3. The standard InChI is InChI=1S/C21H32FN3O4/c1-16(2)6-9-29-17-4-5-19(18(22)12-17)23-20(26)25-8-11-28-15-21(25)13-24(3)7-10-27-14-21/h4-5,12,16H,6-11,13-15H2,1-3H3,(H,23,26). The number of likely N-dealkylation sites (N-methyl/N-ethyl adjacent to an activating group) is 1. The topological polar surface area (TPSA) is 63.3 Å². The largest absolute Gasteiger partial charge is 0.493 e. The van der Waals surface area contributed by atoms with Crippen molar-refractivity contribution in [3.05, 3.63) is 24.0 Å². The smallest absolute Gasteiger partial charge is 0.322 e. The second-order valence-corrected chi connectivity index (χ2v) is 8.32. The third kappa shape index (κ3) is 5.58. The number of morpholine rings is 1. The van der Waals surface area contributed by atoms with Gasteiger partial charge in [-0.1, -0.05) is 13.8 Å². The quantitative estimate of drug-likeness (QED) is 0.810. The maximum absolute atomic E-state index is 14.6. The highest BCUT2D eigenvalue weighted by molar-refractivity contribution is 5.90. The zero-order valence-electron chi connectivity index (χ0n) is 17.6. The summed E-state index contributed by atoms with van der Waals surface area (Å²) in [5.74, 6) is 0.464. The molecule has 0 saturated carbocycles. The monoisotopic (exact) mass is 409 g/mol. The second-order valence-electron chi connectivity index (χ2n) is 8.32. The van der Waals surface area contributed by atoms with E-state index in [1.54, 1.807) is 17.0 Å². The number of carbonyl (C=O) groups excluding carboxylic acids is 1. The average molecular weight is 410 g/mol. The van der Waals surface area contributed by atoms with E-state index in [9.17, 15) is 9.18 Å². The van der Waals surface area contributed by atoms with Crippen LogP contribution in [0.3, 0.4) is 0 Å². The minimum atomic E-state index is -0.579. The first-order valence-corrected chi connectivity index (χ1v) is 10.2. The first-order valence-electron chi connectivity index (χ1n) is 10.2. The Morgan fingerprint density at radius 1 is 1.28 bits per heavy atom. The van der Waals surface area contributed by atoms with E-state index in [-0.39, 0.29) is 11.7 Å². The number of hydrogen-bond acceptors (Lipinski definition) is 5. The molecule has 1 spiro atoms. The van der Waals surface area contributed by atoms with Gasteiger partial charge in [-0.05, 0) is 31.5 Å². The number of carbonyl (C=O) groups is 1. The highest BCUT2D eigenvalue weighted by Gasteiger charge is 2.44. The average Bonchev–Trinajstić information content (AvgIpc) is 2.85. The van der Waals surface area contributed by atoms with Crippen LogP contribution < -0.4 is 10.1 Å². The van der Waals surface area contributed by atoms with Gasteiger partial charge in [-0.15, -0.1) is 0 Å². The van der Waals surface area contributed by atoms with E-state index in [1.165, 1.54) is 6.07 Å². The molecule has 0 radical (unpaired) electrons. The summed E-state index contributed by atoms with van der Waals surface area (Å²) in [4.78, 5) is 16.9. The fourth-order valence-corrected chi connectivity index (χ4v) is 3.69. The van der Waals surface area contributed by atoms with Crippen LogP contribution in [0.4, 0.5) is 14.9 Å². The highest BCUT2D eigenvalue weighted by atomic mass is 19.1. The lowest BCUT2D eigenvalue weighted by atomic mass is 9.97. The van der Waals surface area contributed by atoms with Crippen LogP contribution in [0.1, 0.15) is 20.3 Å². The Morgan fingerprint density at radius 2 is 2.00 bits per heavy atom. The summed E-state index contributed by atoms with van der Waals surface area (Å²) in [6, 6.07) is 4.19. The molecule has 1 aromatic rings. The summed E-state index contributed by atoms with van der Waals surface area (Å²) in [6.45, 7) is 8.48. The summed E-state index contributed by atoms with van der Waals surface area (Å²) in [5.41, 5.74) is -0.444. The number of amides is 2. The van der Waals surface area contributed by atoms with Crippen molar-refractivity contribution >= 4 is 11.7 Å². The first-order chi connectivity index (χ1) is 13.9. The molecule has 7 nitrogen and oxygen atoms in total. The van der Waals surface area contributed by atoms with Gasteiger partial charge < -0.3 is 29.3 Å². The number of benzene rings is 1. The molecule has 0 aliphatic carbocycles. The fraction of sp³-hybridized carbons (Fsp3) is 0.667. The van der Waals surface area contributed by atoms with Gasteiger partial charge in [0.2, 0.25) is 0 Å². The van der Waals surface area contributed by atoms with Crippen molar-refractivity contribution in [2.45, 2.75) is 25.8 Å². The zero-order chi connectivity index (χ0) is 20.9. The molecule has 1 N–H and O–H groups in total. The summed E-state index contributed by atoms with van der Waals surface area (Å²) in [5, 5.41) is 2.72. The van der Waals surface area contributed by atoms with E-state index in [0.717, 1.165) is 13.0 Å². The van der Waals surface area contributed by atoms with Crippen LogP contribution >= 0.6 is 0 Å². The Bertz CT molecular complexity index is 703. The SMILES string of the molecule is CC(C)CCOc1ccc(NC(=O)N2CCOCC23COCCN(C)C3)c(F)c1. The number of halogens is 1. The Labute approximate surface area is 172 Å². The molecule has 29 heavy (non-hydrogen) atoms. The van der Waals surface area contributed by atoms with E-state index in [1.807, 2.05) is 7.05 Å². The Kier molecular flexibility index (Phi) is 7.32. The molecule has 8 heteroatoms. The fourth-order valence-electron chi connectivity index (χ4n) is 3.69. The van der Waals surface area contributed by atoms with Crippen LogP contribution in [0, 0.1) is 11.7 Å². The van der Waals surface area contributed by atoms with E-state index >= 15 is 0 Å². The zero-order valence-corrected chi connectivity index (χ0v) is 17.6. The van der Waals surface area contributed by atoms with Crippen molar-refractivity contribution in [2.75, 3.05) is 65.0 Å². The molecule has 0 aromatic heterocycles. The molecule has 2 aliphatic rings. The number of rotatable bonds is 5. The number of nitrogens with zero attached hydrogens (tertiary/aromatic N) is 2. The Morgan fingerprint density at radius 3 is 2.69 bits per heavy atom. The van der Waals surface area contributed by atoms with Gasteiger partial charge in [-0.25, -0.2) is 9.18 Å². The molecule has 2 heterocycles. The van der Waals surface area contributed by atoms with Crippen molar-refractivity contribution in [3.8, 4) is 5.75 Å². The van der Waals surface area contributed by atoms with Gasteiger partial charge in [0, 0.05) is 25.7 Å². The van der Waals surface area contributed by atoms with E-state index in [2.05, 4.69) is 24.1 Å². The van der Waals surface area contributed by atoms with Crippen LogP contribution in [-0.2, 0) is 9.47 Å². The maximum atomic E-state index is 14.6. The van der Waals surface area contributed by atoms with E-state index in [4.69, 9.17) is 14.2 Å². The molecule has 2 aliphatic heterocycles. The van der Waals surface area contributed by atoms with Crippen molar-refractivity contribution in [2.24, 2.45) is 5.92 Å². The Hall–Kier alpha value is -1.90. The summed E-state index contributed by atoms with van der Waals surface area (Å²) in [7, 11) is 2.00. The second kappa shape index (κ2) is 9.73. The van der Waals surface area contributed by atoms with Crippen LogP contribution in [0.25, 0.3) is 0 Å². The van der Waals surface area contributed by atoms with Gasteiger partial charge >= 0.3 is 6.03 Å². The predicted molar refractivity (Wildman–Crippen MR) is 109 cm³/mol. The predicted octanol–water partition coefficient (Wildman–Crippen LogP) is 2.82. The van der Waals surface area contributed by atoms with Crippen LogP contribution in [-0.4, -0.2) is 81.1 Å². The van der Waals surface area contributed by atoms with Gasteiger partial charge in [0.25, 0.3) is 0 Å². The molecule has 3 rings (SSSR count). The lowest BCUT2D eigenvalue weighted by Crippen LogP contribution is -2.65. The number of nitrogens with one attached hydrogen (secondary N) is 1. The third-order valence-electron chi connectivity index (χ3n) is 5.35. The molecule has 1 unspecified atom stereocenters. The highest BCUT2D eigenvalue weighted by Crippen LogP contribution is 2.27. The molecule has 2 fully saturated rings. The van der Waals surface area contributed by atoms with Crippen molar-refractivity contribution in [3.63, 3.8) is 0 Å². The molecule has 1 aromatic carbocycles. The summed E-state index contributed by atoms with van der Waals surface area (Å²) >= 11 is 0. The van der Waals surface area contributed by atoms with E-state index < -0.39 is 11.4 Å². The third-order valence-corrected chi connectivity index (χ3v) is 5.35.